The molecule has 1 saturated carbocycles. The molecule has 1 N–H and O–H groups in total. The third-order valence-electron chi connectivity index (χ3n) is 5.08. The first-order chi connectivity index (χ1) is 12.7. The number of hydrogen-bond donors (Lipinski definition) is 1. The van der Waals surface area contributed by atoms with Gasteiger partial charge in [-0.25, -0.2) is 9.97 Å². The van der Waals surface area contributed by atoms with Gasteiger partial charge in [0.25, 0.3) is 5.91 Å². The molecule has 138 valence electrons. The maximum Gasteiger partial charge on any atom is 0.273 e. The molecule has 3 heterocycles. The molecule has 1 aliphatic carbocycles. The summed E-state index contributed by atoms with van der Waals surface area (Å²) < 4.78 is 1.78. The number of anilines is 1. The Morgan fingerprint density at radius 3 is 3.00 bits per heavy atom. The molecule has 1 amide bonds. The number of nitrogens with zero attached hydrogens (tertiary/aromatic N) is 6. The lowest BCUT2D eigenvalue weighted by atomic mass is 10.0. The summed E-state index contributed by atoms with van der Waals surface area (Å²) in [5.41, 5.74) is 1.34. The van der Waals surface area contributed by atoms with E-state index in [1.807, 2.05) is 13.0 Å². The zero-order chi connectivity index (χ0) is 17.9. The van der Waals surface area contributed by atoms with E-state index in [4.69, 9.17) is 0 Å². The van der Waals surface area contributed by atoms with Crippen molar-refractivity contribution in [3.63, 3.8) is 0 Å². The molecule has 0 radical (unpaired) electrons. The average Bonchev–Trinajstić information content (AvgIpc) is 3.34. The second kappa shape index (κ2) is 7.39. The third-order valence-corrected chi connectivity index (χ3v) is 5.08. The van der Waals surface area contributed by atoms with Crippen LogP contribution in [-0.2, 0) is 6.54 Å². The van der Waals surface area contributed by atoms with Crippen LogP contribution in [0.4, 0.5) is 5.95 Å². The monoisotopic (exact) mass is 355 g/mol. The number of piperidine rings is 1. The van der Waals surface area contributed by atoms with Crippen molar-refractivity contribution < 1.29 is 4.79 Å². The standard InChI is InChI=1S/C18H25N7O/c1-13-7-8-19-18(21-13)25-9-3-2-4-15(25)10-20-17(26)16-12-24(23-22-16)11-14-5-6-14/h7-8,12,14-15H,2-6,9-11H2,1H3,(H,20,26). The topological polar surface area (TPSA) is 88.8 Å². The Hall–Kier alpha value is -2.51. The number of carbonyl (C=O) groups excluding carboxylic acids is 1. The zero-order valence-electron chi connectivity index (χ0n) is 15.1. The largest absolute Gasteiger partial charge is 0.349 e. The second-order valence-electron chi connectivity index (χ2n) is 7.32. The van der Waals surface area contributed by atoms with Crippen LogP contribution in [0.25, 0.3) is 0 Å². The van der Waals surface area contributed by atoms with Crippen molar-refractivity contribution in [1.82, 2.24) is 30.3 Å². The fraction of sp³-hybridized carbons (Fsp3) is 0.611. The summed E-state index contributed by atoms with van der Waals surface area (Å²) in [7, 11) is 0. The molecular formula is C18H25N7O. The Labute approximate surface area is 153 Å². The number of amides is 1. The summed E-state index contributed by atoms with van der Waals surface area (Å²) in [5.74, 6) is 1.29. The van der Waals surface area contributed by atoms with E-state index in [9.17, 15) is 4.79 Å². The molecule has 0 aromatic carbocycles. The number of aromatic nitrogens is 5. The maximum absolute atomic E-state index is 12.4. The summed E-state index contributed by atoms with van der Waals surface area (Å²) in [6.07, 6.45) is 9.33. The van der Waals surface area contributed by atoms with E-state index in [1.54, 1.807) is 17.1 Å². The maximum atomic E-state index is 12.4. The highest BCUT2D eigenvalue weighted by Gasteiger charge is 2.26. The van der Waals surface area contributed by atoms with Crippen LogP contribution in [0.3, 0.4) is 0 Å². The molecule has 1 unspecified atom stereocenters. The van der Waals surface area contributed by atoms with Crippen LogP contribution in [0.1, 0.15) is 48.3 Å². The van der Waals surface area contributed by atoms with Gasteiger partial charge in [-0.1, -0.05) is 5.21 Å². The van der Waals surface area contributed by atoms with E-state index in [2.05, 4.69) is 30.5 Å². The van der Waals surface area contributed by atoms with Gasteiger partial charge in [0.2, 0.25) is 5.95 Å². The van der Waals surface area contributed by atoms with Gasteiger partial charge in [0.1, 0.15) is 0 Å². The van der Waals surface area contributed by atoms with Crippen LogP contribution in [0.5, 0.6) is 0 Å². The molecule has 1 aliphatic heterocycles. The first kappa shape index (κ1) is 16.9. The number of rotatable bonds is 6. The molecule has 8 nitrogen and oxygen atoms in total. The Balaban J connectivity index is 1.37. The predicted molar refractivity (Wildman–Crippen MR) is 96.8 cm³/mol. The quantitative estimate of drug-likeness (QED) is 0.846. The number of nitrogens with one attached hydrogen (secondary N) is 1. The highest BCUT2D eigenvalue weighted by molar-refractivity contribution is 5.91. The van der Waals surface area contributed by atoms with Crippen molar-refractivity contribution in [2.75, 3.05) is 18.0 Å². The van der Waals surface area contributed by atoms with Crippen molar-refractivity contribution in [2.24, 2.45) is 5.92 Å². The van der Waals surface area contributed by atoms with Gasteiger partial charge in [0, 0.05) is 37.6 Å². The van der Waals surface area contributed by atoms with Crippen molar-refractivity contribution in [3.8, 4) is 0 Å². The summed E-state index contributed by atoms with van der Waals surface area (Å²) >= 11 is 0. The summed E-state index contributed by atoms with van der Waals surface area (Å²) in [5, 5.41) is 11.1. The third kappa shape index (κ3) is 4.00. The first-order valence-electron chi connectivity index (χ1n) is 9.43. The minimum absolute atomic E-state index is 0.164. The average molecular weight is 355 g/mol. The van der Waals surface area contributed by atoms with Gasteiger partial charge >= 0.3 is 0 Å². The van der Waals surface area contributed by atoms with E-state index in [0.717, 1.165) is 44.0 Å². The Morgan fingerprint density at radius 1 is 1.31 bits per heavy atom. The highest BCUT2D eigenvalue weighted by atomic mass is 16.2. The van der Waals surface area contributed by atoms with E-state index in [0.29, 0.717) is 18.2 Å². The molecular weight excluding hydrogens is 330 g/mol. The minimum atomic E-state index is -0.164. The van der Waals surface area contributed by atoms with Crippen molar-refractivity contribution >= 4 is 11.9 Å². The van der Waals surface area contributed by atoms with Crippen LogP contribution in [-0.4, -0.2) is 50.0 Å². The van der Waals surface area contributed by atoms with E-state index < -0.39 is 0 Å². The Bertz CT molecular complexity index is 770. The number of carbonyl (C=O) groups is 1. The molecule has 0 bridgehead atoms. The van der Waals surface area contributed by atoms with Gasteiger partial charge in [0.15, 0.2) is 5.69 Å². The molecule has 4 rings (SSSR count). The van der Waals surface area contributed by atoms with Crippen LogP contribution < -0.4 is 10.2 Å². The molecule has 26 heavy (non-hydrogen) atoms. The molecule has 1 atom stereocenters. The van der Waals surface area contributed by atoms with Crippen molar-refractivity contribution in [2.45, 2.75) is 51.6 Å². The smallest absolute Gasteiger partial charge is 0.273 e. The molecule has 2 fully saturated rings. The molecule has 0 spiro atoms. The lowest BCUT2D eigenvalue weighted by Gasteiger charge is -2.35. The van der Waals surface area contributed by atoms with Gasteiger partial charge < -0.3 is 10.2 Å². The summed E-state index contributed by atoms with van der Waals surface area (Å²) in [4.78, 5) is 23.6. The molecule has 2 aromatic heterocycles. The number of aryl methyl sites for hydroxylation is 1. The number of hydrogen-bond acceptors (Lipinski definition) is 6. The zero-order valence-corrected chi connectivity index (χ0v) is 15.1. The first-order valence-corrected chi connectivity index (χ1v) is 9.43. The van der Waals surface area contributed by atoms with Gasteiger partial charge in [0.05, 0.1) is 6.20 Å². The van der Waals surface area contributed by atoms with E-state index in [1.165, 1.54) is 12.8 Å². The predicted octanol–water partition coefficient (Wildman–Crippen LogP) is 1.58. The van der Waals surface area contributed by atoms with Crippen LogP contribution >= 0.6 is 0 Å². The second-order valence-corrected chi connectivity index (χ2v) is 7.32. The normalized spacial score (nSPS) is 20.2. The van der Waals surface area contributed by atoms with Crippen LogP contribution in [0.15, 0.2) is 18.5 Å². The van der Waals surface area contributed by atoms with Crippen LogP contribution in [0.2, 0.25) is 0 Å². The van der Waals surface area contributed by atoms with E-state index >= 15 is 0 Å². The molecule has 2 aromatic rings. The lowest BCUT2D eigenvalue weighted by molar-refractivity contribution is 0.0944. The Kier molecular flexibility index (Phi) is 4.81. The molecule has 2 aliphatic rings. The summed E-state index contributed by atoms with van der Waals surface area (Å²) in [6.45, 7) is 4.31. The van der Waals surface area contributed by atoms with Gasteiger partial charge in [-0.15, -0.1) is 5.10 Å². The SMILES string of the molecule is Cc1ccnc(N2CCCCC2CNC(=O)c2cn(CC3CC3)nn2)n1. The van der Waals surface area contributed by atoms with Crippen molar-refractivity contribution in [1.29, 1.82) is 0 Å². The molecule has 8 heteroatoms. The van der Waals surface area contributed by atoms with Gasteiger partial charge in [-0.05, 0) is 51.0 Å². The summed E-state index contributed by atoms with van der Waals surface area (Å²) in [6, 6.07) is 2.10. The van der Waals surface area contributed by atoms with Crippen LogP contribution in [0, 0.1) is 12.8 Å². The fourth-order valence-corrected chi connectivity index (χ4v) is 3.41. The fourth-order valence-electron chi connectivity index (χ4n) is 3.41. The lowest BCUT2D eigenvalue weighted by Crippen LogP contribution is -2.47. The van der Waals surface area contributed by atoms with Gasteiger partial charge in [-0.3, -0.25) is 9.48 Å². The highest BCUT2D eigenvalue weighted by Crippen LogP contribution is 2.30. The van der Waals surface area contributed by atoms with Gasteiger partial charge in [-0.2, -0.15) is 0 Å². The minimum Gasteiger partial charge on any atom is -0.349 e. The van der Waals surface area contributed by atoms with Crippen molar-refractivity contribution in [3.05, 3.63) is 29.8 Å². The Morgan fingerprint density at radius 2 is 2.19 bits per heavy atom. The van der Waals surface area contributed by atoms with E-state index in [-0.39, 0.29) is 11.9 Å². The molecule has 1 saturated heterocycles.